The standard InChI is InChI=1S/C20H29N3O2/c1-14(2)16-7-9-17(10-8-16)20-22-18(15(3)25-20)13-19(24)21-11-6-12-23(4)5/h7-10,14H,6,11-13H2,1-5H3,(H,21,24). The Kier molecular flexibility index (Phi) is 6.76. The summed E-state index contributed by atoms with van der Waals surface area (Å²) in [6.45, 7) is 7.82. The topological polar surface area (TPSA) is 58.4 Å². The maximum absolute atomic E-state index is 12.1. The molecule has 2 aromatic rings. The van der Waals surface area contributed by atoms with Crippen molar-refractivity contribution in [2.75, 3.05) is 27.2 Å². The van der Waals surface area contributed by atoms with Crippen LogP contribution in [-0.4, -0.2) is 43.0 Å². The van der Waals surface area contributed by atoms with E-state index in [2.05, 4.69) is 41.2 Å². The molecule has 0 aliphatic carbocycles. The lowest BCUT2D eigenvalue weighted by Crippen LogP contribution is -2.28. The van der Waals surface area contributed by atoms with Crippen molar-refractivity contribution in [1.29, 1.82) is 0 Å². The third kappa shape index (κ3) is 5.71. The number of nitrogens with one attached hydrogen (secondary N) is 1. The maximum Gasteiger partial charge on any atom is 0.226 e. The van der Waals surface area contributed by atoms with Gasteiger partial charge in [-0.3, -0.25) is 4.79 Å². The molecule has 25 heavy (non-hydrogen) atoms. The van der Waals surface area contributed by atoms with Crippen LogP contribution in [0.1, 0.15) is 43.2 Å². The van der Waals surface area contributed by atoms with E-state index in [9.17, 15) is 4.79 Å². The zero-order chi connectivity index (χ0) is 18.4. The normalized spacial score (nSPS) is 11.3. The van der Waals surface area contributed by atoms with Crippen LogP contribution in [0.25, 0.3) is 11.5 Å². The first kappa shape index (κ1) is 19.2. The summed E-state index contributed by atoms with van der Waals surface area (Å²) < 4.78 is 5.76. The molecule has 0 radical (unpaired) electrons. The summed E-state index contributed by atoms with van der Waals surface area (Å²) >= 11 is 0. The highest BCUT2D eigenvalue weighted by molar-refractivity contribution is 5.78. The summed E-state index contributed by atoms with van der Waals surface area (Å²) in [4.78, 5) is 18.7. The van der Waals surface area contributed by atoms with Crippen LogP contribution in [0, 0.1) is 6.92 Å². The zero-order valence-electron chi connectivity index (χ0n) is 15.9. The molecule has 1 N–H and O–H groups in total. The van der Waals surface area contributed by atoms with E-state index in [1.54, 1.807) is 0 Å². The summed E-state index contributed by atoms with van der Waals surface area (Å²) in [6, 6.07) is 8.23. The van der Waals surface area contributed by atoms with Gasteiger partial charge in [-0.25, -0.2) is 4.98 Å². The number of rotatable bonds is 8. The minimum Gasteiger partial charge on any atom is -0.441 e. The van der Waals surface area contributed by atoms with Gasteiger partial charge in [-0.05, 0) is 57.6 Å². The van der Waals surface area contributed by atoms with Gasteiger partial charge in [0.2, 0.25) is 11.8 Å². The number of benzene rings is 1. The predicted octanol–water partition coefficient (Wildman–Crippen LogP) is 3.38. The maximum atomic E-state index is 12.1. The lowest BCUT2D eigenvalue weighted by Gasteiger charge is -2.09. The molecule has 0 aliphatic rings. The number of carbonyl (C=O) groups excluding carboxylic acids is 1. The Balaban J connectivity index is 1.96. The minimum atomic E-state index is -0.0168. The number of aromatic nitrogens is 1. The second kappa shape index (κ2) is 8.81. The van der Waals surface area contributed by atoms with E-state index in [0.717, 1.165) is 18.5 Å². The van der Waals surface area contributed by atoms with E-state index in [-0.39, 0.29) is 12.3 Å². The summed E-state index contributed by atoms with van der Waals surface area (Å²) in [7, 11) is 4.05. The molecule has 1 heterocycles. The van der Waals surface area contributed by atoms with Crippen LogP contribution in [0.5, 0.6) is 0 Å². The number of amides is 1. The molecule has 0 fully saturated rings. The summed E-state index contributed by atoms with van der Waals surface area (Å²) in [6.07, 6.45) is 1.19. The molecule has 0 aliphatic heterocycles. The fourth-order valence-electron chi connectivity index (χ4n) is 2.56. The number of hydrogen-bond acceptors (Lipinski definition) is 4. The molecular weight excluding hydrogens is 314 g/mol. The Bertz CT molecular complexity index is 687. The number of aryl methyl sites for hydroxylation is 1. The SMILES string of the molecule is Cc1oc(-c2ccc(C(C)C)cc2)nc1CC(=O)NCCCN(C)C. The average molecular weight is 343 g/mol. The van der Waals surface area contributed by atoms with Crippen LogP contribution >= 0.6 is 0 Å². The van der Waals surface area contributed by atoms with E-state index in [1.807, 2.05) is 33.2 Å². The molecule has 1 aromatic carbocycles. The molecule has 5 heteroatoms. The third-order valence-electron chi connectivity index (χ3n) is 4.15. The van der Waals surface area contributed by atoms with E-state index in [0.29, 0.717) is 29.8 Å². The molecule has 1 amide bonds. The predicted molar refractivity (Wildman–Crippen MR) is 101 cm³/mol. The van der Waals surface area contributed by atoms with Crippen molar-refractivity contribution < 1.29 is 9.21 Å². The minimum absolute atomic E-state index is 0.0168. The first-order valence-electron chi connectivity index (χ1n) is 8.85. The van der Waals surface area contributed by atoms with Gasteiger partial charge < -0.3 is 14.6 Å². The van der Waals surface area contributed by atoms with Crippen LogP contribution in [0.2, 0.25) is 0 Å². The van der Waals surface area contributed by atoms with E-state index >= 15 is 0 Å². The first-order chi connectivity index (χ1) is 11.9. The summed E-state index contributed by atoms with van der Waals surface area (Å²) in [5.74, 6) is 1.75. The van der Waals surface area contributed by atoms with Crippen molar-refractivity contribution in [3.05, 3.63) is 41.3 Å². The highest BCUT2D eigenvalue weighted by Crippen LogP contribution is 2.24. The molecule has 0 saturated carbocycles. The number of oxazole rings is 1. The summed E-state index contributed by atoms with van der Waals surface area (Å²) in [5.41, 5.74) is 2.92. The smallest absolute Gasteiger partial charge is 0.226 e. The molecule has 0 unspecified atom stereocenters. The molecule has 2 rings (SSSR count). The van der Waals surface area contributed by atoms with Crippen LogP contribution in [0.3, 0.4) is 0 Å². The number of hydrogen-bond donors (Lipinski definition) is 1. The van der Waals surface area contributed by atoms with Crippen molar-refractivity contribution in [2.45, 2.75) is 39.5 Å². The van der Waals surface area contributed by atoms with Gasteiger partial charge >= 0.3 is 0 Å². The van der Waals surface area contributed by atoms with Crippen LogP contribution in [0.15, 0.2) is 28.7 Å². The molecule has 0 spiro atoms. The second-order valence-electron chi connectivity index (χ2n) is 6.98. The third-order valence-corrected chi connectivity index (χ3v) is 4.15. The molecule has 0 atom stereocenters. The van der Waals surface area contributed by atoms with Crippen LogP contribution in [0.4, 0.5) is 0 Å². The molecule has 1 aromatic heterocycles. The Morgan fingerprint density at radius 3 is 2.52 bits per heavy atom. The largest absolute Gasteiger partial charge is 0.441 e. The van der Waals surface area contributed by atoms with Crippen molar-refractivity contribution >= 4 is 5.91 Å². The van der Waals surface area contributed by atoms with Crippen LogP contribution in [-0.2, 0) is 11.2 Å². The van der Waals surface area contributed by atoms with Gasteiger partial charge in [0.15, 0.2) is 0 Å². The van der Waals surface area contributed by atoms with Gasteiger partial charge in [-0.15, -0.1) is 0 Å². The van der Waals surface area contributed by atoms with E-state index in [4.69, 9.17) is 4.42 Å². The van der Waals surface area contributed by atoms with Crippen LogP contribution < -0.4 is 5.32 Å². The number of carbonyl (C=O) groups is 1. The molecule has 5 nitrogen and oxygen atoms in total. The highest BCUT2D eigenvalue weighted by Gasteiger charge is 2.14. The quantitative estimate of drug-likeness (QED) is 0.747. The zero-order valence-corrected chi connectivity index (χ0v) is 15.9. The van der Waals surface area contributed by atoms with Crippen molar-refractivity contribution in [1.82, 2.24) is 15.2 Å². The van der Waals surface area contributed by atoms with Gasteiger partial charge in [0, 0.05) is 12.1 Å². The van der Waals surface area contributed by atoms with Gasteiger partial charge in [-0.2, -0.15) is 0 Å². The lowest BCUT2D eigenvalue weighted by molar-refractivity contribution is -0.120. The van der Waals surface area contributed by atoms with Gasteiger partial charge in [0.1, 0.15) is 5.76 Å². The summed E-state index contributed by atoms with van der Waals surface area (Å²) in [5, 5.41) is 2.94. The Hall–Kier alpha value is -2.14. The fourth-order valence-corrected chi connectivity index (χ4v) is 2.56. The van der Waals surface area contributed by atoms with Crippen molar-refractivity contribution in [3.63, 3.8) is 0 Å². The van der Waals surface area contributed by atoms with Gasteiger partial charge in [-0.1, -0.05) is 26.0 Å². The Morgan fingerprint density at radius 1 is 1.24 bits per heavy atom. The first-order valence-corrected chi connectivity index (χ1v) is 8.85. The fraction of sp³-hybridized carbons (Fsp3) is 0.500. The second-order valence-corrected chi connectivity index (χ2v) is 6.98. The van der Waals surface area contributed by atoms with E-state index in [1.165, 1.54) is 5.56 Å². The lowest BCUT2D eigenvalue weighted by atomic mass is 10.0. The molecule has 136 valence electrons. The average Bonchev–Trinajstić information content (AvgIpc) is 2.92. The van der Waals surface area contributed by atoms with Crippen molar-refractivity contribution in [3.8, 4) is 11.5 Å². The van der Waals surface area contributed by atoms with Crippen molar-refractivity contribution in [2.24, 2.45) is 0 Å². The van der Waals surface area contributed by atoms with Gasteiger partial charge in [0.25, 0.3) is 0 Å². The monoisotopic (exact) mass is 343 g/mol. The van der Waals surface area contributed by atoms with E-state index < -0.39 is 0 Å². The van der Waals surface area contributed by atoms with Gasteiger partial charge in [0.05, 0.1) is 12.1 Å². The molecule has 0 bridgehead atoms. The Labute approximate surface area is 150 Å². The number of nitrogens with zero attached hydrogens (tertiary/aromatic N) is 2. The highest BCUT2D eigenvalue weighted by atomic mass is 16.4. The Morgan fingerprint density at radius 2 is 1.92 bits per heavy atom. The molecular formula is C20H29N3O2. The molecule has 0 saturated heterocycles.